The van der Waals surface area contributed by atoms with E-state index in [1.54, 1.807) is 0 Å². The monoisotopic (exact) mass is 274 g/mol. The summed E-state index contributed by atoms with van der Waals surface area (Å²) in [5, 5.41) is 2.66. The van der Waals surface area contributed by atoms with E-state index in [4.69, 9.17) is 0 Å². The van der Waals surface area contributed by atoms with Gasteiger partial charge in [-0.2, -0.15) is 4.31 Å². The van der Waals surface area contributed by atoms with Crippen molar-refractivity contribution < 1.29 is 8.42 Å². The van der Waals surface area contributed by atoms with Crippen molar-refractivity contribution in [3.63, 3.8) is 0 Å². The lowest BCUT2D eigenvalue weighted by Crippen LogP contribution is -2.53. The van der Waals surface area contributed by atoms with Crippen molar-refractivity contribution in [1.82, 2.24) is 9.62 Å². The molecule has 0 bridgehead atoms. The van der Waals surface area contributed by atoms with E-state index < -0.39 is 10.0 Å². The van der Waals surface area contributed by atoms with E-state index in [-0.39, 0.29) is 11.3 Å². The second-order valence-electron chi connectivity index (χ2n) is 5.78. The molecule has 0 spiro atoms. The fourth-order valence-corrected chi connectivity index (χ4v) is 5.40. The Labute approximate surface area is 111 Å². The predicted molar refractivity (Wildman–Crippen MR) is 74.0 cm³/mol. The summed E-state index contributed by atoms with van der Waals surface area (Å²) in [6.45, 7) is 3.09. The Balaban J connectivity index is 2.15. The van der Waals surface area contributed by atoms with Crippen molar-refractivity contribution >= 4 is 10.0 Å². The van der Waals surface area contributed by atoms with Gasteiger partial charge in [-0.3, -0.25) is 0 Å². The van der Waals surface area contributed by atoms with E-state index >= 15 is 0 Å². The van der Waals surface area contributed by atoms with E-state index in [1.807, 2.05) is 18.3 Å². The molecule has 1 saturated carbocycles. The van der Waals surface area contributed by atoms with Crippen LogP contribution < -0.4 is 5.32 Å². The number of hydrogen-bond acceptors (Lipinski definition) is 3. The van der Waals surface area contributed by atoms with Crippen LogP contribution in [0, 0.1) is 5.92 Å². The van der Waals surface area contributed by atoms with Gasteiger partial charge in [0.25, 0.3) is 0 Å². The Bertz CT molecular complexity index is 367. The van der Waals surface area contributed by atoms with Crippen molar-refractivity contribution in [1.29, 1.82) is 0 Å². The minimum absolute atomic E-state index is 0.289. The molecule has 0 radical (unpaired) electrons. The number of nitrogens with zero attached hydrogens (tertiary/aromatic N) is 1. The van der Waals surface area contributed by atoms with Crippen LogP contribution in [0.3, 0.4) is 0 Å². The molecule has 1 aliphatic carbocycles. The molecule has 4 nitrogen and oxygen atoms in total. The van der Waals surface area contributed by atoms with Crippen molar-refractivity contribution in [3.8, 4) is 0 Å². The van der Waals surface area contributed by atoms with Crippen LogP contribution in [0.5, 0.6) is 0 Å². The minimum atomic E-state index is -3.12. The number of hydrogen-bond donors (Lipinski definition) is 1. The van der Waals surface area contributed by atoms with Crippen molar-refractivity contribution in [3.05, 3.63) is 0 Å². The van der Waals surface area contributed by atoms with Crippen LogP contribution in [-0.2, 0) is 10.0 Å². The Morgan fingerprint density at radius 3 is 2.61 bits per heavy atom. The third kappa shape index (κ3) is 2.73. The van der Waals surface area contributed by atoms with Gasteiger partial charge in [0.05, 0.1) is 5.25 Å². The van der Waals surface area contributed by atoms with Crippen LogP contribution >= 0.6 is 0 Å². The Morgan fingerprint density at radius 2 is 1.89 bits per heavy atom. The first kappa shape index (κ1) is 14.3. The van der Waals surface area contributed by atoms with Crippen molar-refractivity contribution in [2.45, 2.75) is 56.7 Å². The summed E-state index contributed by atoms with van der Waals surface area (Å²) in [6.07, 6.45) is 7.01. The quantitative estimate of drug-likeness (QED) is 0.847. The Hall–Kier alpha value is -0.130. The average molecular weight is 274 g/mol. The topological polar surface area (TPSA) is 49.4 Å². The first-order valence-electron chi connectivity index (χ1n) is 7.22. The zero-order chi connectivity index (χ0) is 13.2. The molecule has 106 valence electrons. The first-order chi connectivity index (χ1) is 8.57. The maximum Gasteiger partial charge on any atom is 0.218 e. The lowest BCUT2D eigenvalue weighted by atomic mass is 9.79. The number of fused-ring (bicyclic) bond motifs is 1. The molecule has 2 aliphatic rings. The fourth-order valence-electron chi connectivity index (χ4n) is 3.52. The van der Waals surface area contributed by atoms with Crippen LogP contribution in [0.4, 0.5) is 0 Å². The number of sulfonamides is 1. The molecule has 18 heavy (non-hydrogen) atoms. The van der Waals surface area contributed by atoms with Crippen LogP contribution in [0.1, 0.15) is 45.4 Å². The van der Waals surface area contributed by atoms with E-state index in [1.165, 1.54) is 25.7 Å². The summed E-state index contributed by atoms with van der Waals surface area (Å²) in [5.74, 6) is 0.615. The van der Waals surface area contributed by atoms with Gasteiger partial charge in [-0.25, -0.2) is 8.42 Å². The van der Waals surface area contributed by atoms with Crippen LogP contribution in [0.25, 0.3) is 0 Å². The zero-order valence-electron chi connectivity index (χ0n) is 11.6. The van der Waals surface area contributed by atoms with Gasteiger partial charge in [0.2, 0.25) is 10.0 Å². The molecular weight excluding hydrogens is 248 g/mol. The van der Waals surface area contributed by atoms with Gasteiger partial charge in [-0.1, -0.05) is 12.8 Å². The molecule has 1 unspecified atom stereocenters. The SMILES string of the molecule is CNCC(C)S(=O)(=O)N1CCC[C@H]2CCCC[C@H]21. The maximum absolute atomic E-state index is 12.6. The Morgan fingerprint density at radius 1 is 1.22 bits per heavy atom. The largest absolute Gasteiger partial charge is 0.318 e. The molecule has 0 amide bonds. The molecule has 1 aliphatic heterocycles. The molecule has 1 saturated heterocycles. The number of nitrogens with one attached hydrogen (secondary N) is 1. The molecular formula is C13H26N2O2S. The second kappa shape index (κ2) is 5.88. The highest BCUT2D eigenvalue weighted by Gasteiger charge is 2.40. The minimum Gasteiger partial charge on any atom is -0.318 e. The summed E-state index contributed by atoms with van der Waals surface area (Å²) in [5.41, 5.74) is 0. The van der Waals surface area contributed by atoms with E-state index in [9.17, 15) is 8.42 Å². The highest BCUT2D eigenvalue weighted by molar-refractivity contribution is 7.89. The molecule has 1 N–H and O–H groups in total. The number of piperidine rings is 1. The molecule has 5 heteroatoms. The summed E-state index contributed by atoms with van der Waals surface area (Å²) in [7, 11) is -1.31. The van der Waals surface area contributed by atoms with Crippen molar-refractivity contribution in [2.24, 2.45) is 5.92 Å². The highest BCUT2D eigenvalue weighted by atomic mass is 32.2. The van der Waals surface area contributed by atoms with Gasteiger partial charge >= 0.3 is 0 Å². The molecule has 1 heterocycles. The van der Waals surface area contributed by atoms with Crippen LogP contribution in [0.15, 0.2) is 0 Å². The summed E-state index contributed by atoms with van der Waals surface area (Å²) in [6, 6.07) is 0.289. The lowest BCUT2D eigenvalue weighted by Gasteiger charge is -2.44. The van der Waals surface area contributed by atoms with Gasteiger partial charge < -0.3 is 5.32 Å². The Kier molecular flexibility index (Phi) is 4.67. The van der Waals surface area contributed by atoms with E-state index in [2.05, 4.69) is 5.32 Å². The molecule has 0 aromatic carbocycles. The highest BCUT2D eigenvalue weighted by Crippen LogP contribution is 2.37. The summed E-state index contributed by atoms with van der Waals surface area (Å²) < 4.78 is 27.1. The molecule has 0 aromatic rings. The van der Waals surface area contributed by atoms with Gasteiger partial charge in [0, 0.05) is 19.1 Å². The molecule has 2 rings (SSSR count). The van der Waals surface area contributed by atoms with Gasteiger partial charge in [-0.15, -0.1) is 0 Å². The third-order valence-corrected chi connectivity index (χ3v) is 6.81. The maximum atomic E-state index is 12.6. The van der Waals surface area contributed by atoms with Crippen LogP contribution in [-0.4, -0.2) is 44.2 Å². The summed E-state index contributed by atoms with van der Waals surface area (Å²) >= 11 is 0. The normalized spacial score (nSPS) is 31.9. The number of rotatable bonds is 4. The standard InChI is InChI=1S/C13H26N2O2S/c1-11(10-14-2)18(16,17)15-9-5-7-12-6-3-4-8-13(12)15/h11-14H,3-10H2,1-2H3/t11?,12-,13-/m1/s1. The average Bonchev–Trinajstić information content (AvgIpc) is 2.38. The lowest BCUT2D eigenvalue weighted by molar-refractivity contribution is 0.128. The fraction of sp³-hybridized carbons (Fsp3) is 1.00. The van der Waals surface area contributed by atoms with Gasteiger partial charge in [-0.05, 0) is 45.6 Å². The first-order valence-corrected chi connectivity index (χ1v) is 8.73. The predicted octanol–water partition coefficient (Wildman–Crippen LogP) is 1.58. The van der Waals surface area contributed by atoms with Crippen molar-refractivity contribution in [2.75, 3.05) is 20.1 Å². The second-order valence-corrected chi connectivity index (χ2v) is 8.08. The summed E-state index contributed by atoms with van der Waals surface area (Å²) in [4.78, 5) is 0. The van der Waals surface area contributed by atoms with E-state index in [0.29, 0.717) is 12.5 Å². The zero-order valence-corrected chi connectivity index (χ0v) is 12.4. The van der Waals surface area contributed by atoms with Gasteiger partial charge in [0.15, 0.2) is 0 Å². The third-order valence-electron chi connectivity index (χ3n) is 4.52. The molecule has 0 aromatic heterocycles. The van der Waals surface area contributed by atoms with E-state index in [0.717, 1.165) is 19.4 Å². The smallest absolute Gasteiger partial charge is 0.218 e. The molecule has 3 atom stereocenters. The van der Waals surface area contributed by atoms with Gasteiger partial charge in [0.1, 0.15) is 0 Å². The van der Waals surface area contributed by atoms with Crippen LogP contribution in [0.2, 0.25) is 0 Å². The molecule has 2 fully saturated rings.